The molecule has 4 nitrogen and oxygen atoms in total. The number of aromatic amines is 1. The fourth-order valence-corrected chi connectivity index (χ4v) is 2.74. The molecule has 0 aromatic carbocycles. The smallest absolute Gasteiger partial charge is 0.107 e. The Morgan fingerprint density at radius 3 is 2.83 bits per heavy atom. The molecule has 0 amide bonds. The van der Waals surface area contributed by atoms with E-state index in [2.05, 4.69) is 33.7 Å². The van der Waals surface area contributed by atoms with Gasteiger partial charge in [0.2, 0.25) is 0 Å². The van der Waals surface area contributed by atoms with Gasteiger partial charge in [0.25, 0.3) is 0 Å². The molecule has 0 spiro atoms. The topological polar surface area (TPSA) is 54.5 Å². The second-order valence-electron chi connectivity index (χ2n) is 5.71. The Hall–Kier alpha value is -2.75. The summed E-state index contributed by atoms with van der Waals surface area (Å²) in [5.74, 6) is 0.958. The van der Waals surface area contributed by atoms with E-state index >= 15 is 0 Å². The SMILES string of the molecule is C=C/C=C(\C=C/C)c1c[nH]c(CCc2cnc3c(n2)=CCCC=3)n1. The Bertz CT molecular complexity index is 900. The minimum atomic E-state index is 0.814. The lowest BCUT2D eigenvalue weighted by Crippen LogP contribution is -2.33. The average Bonchev–Trinajstić information content (AvgIpc) is 3.08. The van der Waals surface area contributed by atoms with Crippen LogP contribution >= 0.6 is 0 Å². The molecule has 0 saturated heterocycles. The highest BCUT2D eigenvalue weighted by molar-refractivity contribution is 5.72. The van der Waals surface area contributed by atoms with Gasteiger partial charge in [0, 0.05) is 24.4 Å². The molecule has 2 heterocycles. The molecule has 122 valence electrons. The lowest BCUT2D eigenvalue weighted by molar-refractivity contribution is 0.833. The van der Waals surface area contributed by atoms with Crippen molar-refractivity contribution in [1.29, 1.82) is 0 Å². The predicted molar refractivity (Wildman–Crippen MR) is 98.4 cm³/mol. The first kappa shape index (κ1) is 16.1. The van der Waals surface area contributed by atoms with Crippen molar-refractivity contribution in [2.75, 3.05) is 0 Å². The van der Waals surface area contributed by atoms with E-state index in [0.717, 1.165) is 59.2 Å². The Balaban J connectivity index is 1.72. The van der Waals surface area contributed by atoms with E-state index in [1.165, 1.54) is 0 Å². The molecule has 3 rings (SSSR count). The molecule has 1 N–H and O–H groups in total. The Labute approximate surface area is 142 Å². The molecule has 2 aromatic heterocycles. The molecule has 0 radical (unpaired) electrons. The third-order valence-corrected chi connectivity index (χ3v) is 3.91. The number of H-pyrrole nitrogens is 1. The number of aromatic nitrogens is 4. The van der Waals surface area contributed by atoms with E-state index < -0.39 is 0 Å². The first-order chi connectivity index (χ1) is 11.8. The molecule has 0 bridgehead atoms. The molecule has 4 heteroatoms. The van der Waals surface area contributed by atoms with E-state index in [4.69, 9.17) is 4.98 Å². The Morgan fingerprint density at radius 1 is 1.21 bits per heavy atom. The van der Waals surface area contributed by atoms with Gasteiger partial charge < -0.3 is 4.98 Å². The highest BCUT2D eigenvalue weighted by Gasteiger charge is 2.06. The van der Waals surface area contributed by atoms with Gasteiger partial charge in [-0.25, -0.2) is 9.97 Å². The molecular formula is C20H22N4. The molecule has 2 aromatic rings. The van der Waals surface area contributed by atoms with Gasteiger partial charge in [0.15, 0.2) is 0 Å². The van der Waals surface area contributed by atoms with Gasteiger partial charge in [-0.05, 0) is 26.2 Å². The van der Waals surface area contributed by atoms with Gasteiger partial charge in [-0.2, -0.15) is 0 Å². The van der Waals surface area contributed by atoms with Crippen molar-refractivity contribution in [2.45, 2.75) is 32.6 Å². The monoisotopic (exact) mass is 318 g/mol. The second kappa shape index (κ2) is 7.68. The predicted octanol–water partition coefficient (Wildman–Crippen LogP) is 2.49. The van der Waals surface area contributed by atoms with Crippen LogP contribution in [0, 0.1) is 0 Å². The molecule has 0 fully saturated rings. The van der Waals surface area contributed by atoms with Crippen LogP contribution < -0.4 is 10.7 Å². The summed E-state index contributed by atoms with van der Waals surface area (Å²) in [6.45, 7) is 5.75. The fourth-order valence-electron chi connectivity index (χ4n) is 2.74. The highest BCUT2D eigenvalue weighted by atomic mass is 14.9. The Morgan fingerprint density at radius 2 is 2.04 bits per heavy atom. The minimum absolute atomic E-state index is 0.814. The maximum Gasteiger partial charge on any atom is 0.107 e. The van der Waals surface area contributed by atoms with Crippen LogP contribution in [0.3, 0.4) is 0 Å². The molecule has 0 aliphatic heterocycles. The summed E-state index contributed by atoms with van der Waals surface area (Å²) in [4.78, 5) is 17.1. The number of hydrogen-bond acceptors (Lipinski definition) is 3. The first-order valence-corrected chi connectivity index (χ1v) is 8.32. The zero-order valence-corrected chi connectivity index (χ0v) is 14.0. The number of imidazole rings is 1. The van der Waals surface area contributed by atoms with Crippen molar-refractivity contribution in [1.82, 2.24) is 19.9 Å². The van der Waals surface area contributed by atoms with Gasteiger partial charge in [0.05, 0.1) is 22.1 Å². The molecule has 0 unspecified atom stereocenters. The number of allylic oxidation sites excluding steroid dienone is 5. The molecular weight excluding hydrogens is 296 g/mol. The van der Waals surface area contributed by atoms with Gasteiger partial charge >= 0.3 is 0 Å². The zero-order valence-electron chi connectivity index (χ0n) is 14.0. The summed E-state index contributed by atoms with van der Waals surface area (Å²) in [6.07, 6.45) is 19.6. The third kappa shape index (κ3) is 3.77. The summed E-state index contributed by atoms with van der Waals surface area (Å²) in [6, 6.07) is 0. The lowest BCUT2D eigenvalue weighted by atomic mass is 10.1. The normalized spacial score (nSPS) is 14.1. The number of nitrogens with one attached hydrogen (secondary N) is 1. The third-order valence-electron chi connectivity index (χ3n) is 3.91. The summed E-state index contributed by atoms with van der Waals surface area (Å²) in [5, 5.41) is 2.03. The van der Waals surface area contributed by atoms with Crippen LogP contribution in [0.5, 0.6) is 0 Å². The van der Waals surface area contributed by atoms with Crippen molar-refractivity contribution in [2.24, 2.45) is 0 Å². The van der Waals surface area contributed by atoms with Crippen molar-refractivity contribution < 1.29 is 0 Å². The Kier molecular flexibility index (Phi) is 5.16. The summed E-state index contributed by atoms with van der Waals surface area (Å²) >= 11 is 0. The maximum atomic E-state index is 4.70. The van der Waals surface area contributed by atoms with Gasteiger partial charge in [-0.15, -0.1) is 0 Å². The molecule has 0 saturated carbocycles. The van der Waals surface area contributed by atoms with E-state index in [-0.39, 0.29) is 0 Å². The maximum absolute atomic E-state index is 4.70. The first-order valence-electron chi connectivity index (χ1n) is 8.32. The van der Waals surface area contributed by atoms with E-state index in [9.17, 15) is 0 Å². The van der Waals surface area contributed by atoms with E-state index in [1.54, 1.807) is 6.08 Å². The number of nitrogens with zero attached hydrogens (tertiary/aromatic N) is 3. The summed E-state index contributed by atoms with van der Waals surface area (Å²) in [5.41, 5.74) is 2.99. The molecule has 1 aliphatic carbocycles. The summed E-state index contributed by atoms with van der Waals surface area (Å²) in [7, 11) is 0. The second-order valence-corrected chi connectivity index (χ2v) is 5.71. The largest absolute Gasteiger partial charge is 0.348 e. The minimum Gasteiger partial charge on any atom is -0.348 e. The molecule has 24 heavy (non-hydrogen) atoms. The van der Waals surface area contributed by atoms with Crippen molar-refractivity contribution in [3.63, 3.8) is 0 Å². The van der Waals surface area contributed by atoms with E-state index in [1.807, 2.05) is 37.5 Å². The van der Waals surface area contributed by atoms with Crippen molar-refractivity contribution in [3.05, 3.63) is 71.2 Å². The highest BCUT2D eigenvalue weighted by Crippen LogP contribution is 2.14. The molecule has 1 aliphatic rings. The quantitative estimate of drug-likeness (QED) is 0.833. The lowest BCUT2D eigenvalue weighted by Gasteiger charge is -2.02. The van der Waals surface area contributed by atoms with Crippen LogP contribution in [0.2, 0.25) is 0 Å². The van der Waals surface area contributed by atoms with Crippen LogP contribution in [-0.4, -0.2) is 19.9 Å². The van der Waals surface area contributed by atoms with Gasteiger partial charge in [0.1, 0.15) is 5.82 Å². The van der Waals surface area contributed by atoms with Gasteiger partial charge in [-0.1, -0.05) is 43.0 Å². The zero-order chi connectivity index (χ0) is 16.8. The summed E-state index contributed by atoms with van der Waals surface area (Å²) < 4.78 is 0. The van der Waals surface area contributed by atoms with Crippen LogP contribution in [0.4, 0.5) is 0 Å². The number of rotatable bonds is 6. The number of fused-ring (bicyclic) bond motifs is 1. The average molecular weight is 318 g/mol. The molecule has 0 atom stereocenters. The van der Waals surface area contributed by atoms with Crippen LogP contribution in [0.15, 0.2) is 43.3 Å². The standard InChI is InChI=1S/C20H22N4/c1-3-7-15(8-4-2)19-14-22-20(24-19)12-11-16-13-21-17-9-5-6-10-18(17)23-16/h3-4,7-10,13-14H,1,5-6,11-12H2,2H3,(H,22,24)/b8-4-,15-7+. The number of aryl methyl sites for hydroxylation is 2. The van der Waals surface area contributed by atoms with Crippen LogP contribution in [0.1, 0.15) is 37.0 Å². The number of hydrogen-bond donors (Lipinski definition) is 1. The van der Waals surface area contributed by atoms with Crippen molar-refractivity contribution >= 4 is 17.7 Å². The van der Waals surface area contributed by atoms with Crippen LogP contribution in [-0.2, 0) is 12.8 Å². The van der Waals surface area contributed by atoms with Gasteiger partial charge in [-0.3, -0.25) is 4.98 Å². The van der Waals surface area contributed by atoms with Crippen LogP contribution in [0.25, 0.3) is 17.7 Å². The van der Waals surface area contributed by atoms with Crippen molar-refractivity contribution in [3.8, 4) is 0 Å². The van der Waals surface area contributed by atoms with E-state index in [0.29, 0.717) is 0 Å². The fraction of sp³-hybridized carbons (Fsp3) is 0.250.